The van der Waals surface area contributed by atoms with Crippen LogP contribution in [0.5, 0.6) is 0 Å². The largest absolute Gasteiger partial charge is 0.370 e. The predicted octanol–water partition coefficient (Wildman–Crippen LogP) is 5.00. The molecular weight excluding hydrogens is 646 g/mol. The molecule has 0 heterocycles. The molecule has 0 aliphatic carbocycles. The highest BCUT2D eigenvalue weighted by Crippen LogP contribution is 2.14. The molecule has 0 aromatic carbocycles. The number of hydrogen-bond donors (Lipinski definition) is 7. The average Bonchev–Trinajstić information content (AvgIpc) is 3.03. The lowest BCUT2D eigenvalue weighted by Gasteiger charge is -2.25. The normalized spacial score (nSPS) is 13.6. The van der Waals surface area contributed by atoms with Crippen LogP contribution in [0.2, 0.25) is 0 Å². The lowest BCUT2D eigenvalue weighted by Crippen LogP contribution is -2.46. The van der Waals surface area contributed by atoms with Crippen molar-refractivity contribution in [1.29, 1.82) is 0 Å². The van der Waals surface area contributed by atoms with Crippen molar-refractivity contribution in [1.82, 2.24) is 21.3 Å². The third kappa shape index (κ3) is 29.5. The molecule has 0 rings (SSSR count). The molecule has 0 radical (unpaired) electrons. The van der Waals surface area contributed by atoms with E-state index >= 15 is 0 Å². The number of amides is 5. The smallest absolute Gasteiger partial charge is 0.222 e. The van der Waals surface area contributed by atoms with Gasteiger partial charge in [-0.1, -0.05) is 98.3 Å². The van der Waals surface area contributed by atoms with Gasteiger partial charge in [0.15, 0.2) is 0 Å². The monoisotopic (exact) mass is 724 g/mol. The van der Waals surface area contributed by atoms with Crippen molar-refractivity contribution < 1.29 is 24.0 Å². The SMILES string of the molecule is CCCCCCCCCCCC(=O)NC(CCCCN)CC(=O)NC(CCC)CC(=O)NC(CC(=O)NC(CCCCN)CC(N)=O)CC(C)C. The maximum atomic E-state index is 13.3. The number of carbonyl (C=O) groups excluding carboxylic acids is 5. The van der Waals surface area contributed by atoms with E-state index in [1.54, 1.807) is 0 Å². The van der Waals surface area contributed by atoms with Crippen molar-refractivity contribution in [3.05, 3.63) is 0 Å². The van der Waals surface area contributed by atoms with Crippen LogP contribution in [0.15, 0.2) is 0 Å². The highest BCUT2D eigenvalue weighted by molar-refractivity contribution is 5.83. The topological polar surface area (TPSA) is 212 Å². The van der Waals surface area contributed by atoms with Gasteiger partial charge in [0.25, 0.3) is 0 Å². The third-order valence-corrected chi connectivity index (χ3v) is 9.12. The van der Waals surface area contributed by atoms with E-state index in [-0.39, 0.29) is 73.4 Å². The fraction of sp³-hybridized carbons (Fsp3) is 0.872. The van der Waals surface area contributed by atoms with E-state index < -0.39 is 11.9 Å². The van der Waals surface area contributed by atoms with Gasteiger partial charge in [-0.25, -0.2) is 0 Å². The van der Waals surface area contributed by atoms with Crippen LogP contribution >= 0.6 is 0 Å². The Hall–Kier alpha value is -2.73. The quantitative estimate of drug-likeness (QED) is 0.0451. The summed E-state index contributed by atoms with van der Waals surface area (Å²) in [5, 5.41) is 12.1. The van der Waals surface area contributed by atoms with Crippen LogP contribution in [0.4, 0.5) is 0 Å². The van der Waals surface area contributed by atoms with Crippen LogP contribution < -0.4 is 38.5 Å². The first-order chi connectivity index (χ1) is 24.4. The Kier molecular flexibility index (Phi) is 30.3. The Balaban J connectivity index is 5.11. The lowest BCUT2D eigenvalue weighted by molar-refractivity contribution is -0.125. The second-order valence-electron chi connectivity index (χ2n) is 14.9. The molecule has 0 bridgehead atoms. The van der Waals surface area contributed by atoms with E-state index in [1.165, 1.54) is 38.5 Å². The van der Waals surface area contributed by atoms with Gasteiger partial charge < -0.3 is 38.5 Å². The number of primary amides is 1. The molecule has 0 aromatic rings. The summed E-state index contributed by atoms with van der Waals surface area (Å²) < 4.78 is 0. The summed E-state index contributed by atoms with van der Waals surface area (Å²) in [5.41, 5.74) is 16.7. The molecule has 0 aromatic heterocycles. The Morgan fingerprint density at radius 1 is 0.471 bits per heavy atom. The molecule has 0 saturated heterocycles. The first-order valence-electron chi connectivity index (χ1n) is 20.3. The second kappa shape index (κ2) is 32.0. The van der Waals surface area contributed by atoms with Crippen LogP contribution in [0, 0.1) is 5.92 Å². The van der Waals surface area contributed by atoms with Gasteiger partial charge in [-0.05, 0) is 64.0 Å². The average molecular weight is 724 g/mol. The van der Waals surface area contributed by atoms with Crippen molar-refractivity contribution in [2.45, 2.75) is 200 Å². The molecule has 4 unspecified atom stereocenters. The van der Waals surface area contributed by atoms with Gasteiger partial charge in [0.2, 0.25) is 29.5 Å². The Morgan fingerprint density at radius 3 is 1.33 bits per heavy atom. The van der Waals surface area contributed by atoms with Crippen molar-refractivity contribution in [3.8, 4) is 0 Å². The summed E-state index contributed by atoms with van der Waals surface area (Å²) in [5.74, 6) is -0.966. The van der Waals surface area contributed by atoms with E-state index in [0.29, 0.717) is 45.2 Å². The Bertz CT molecular complexity index is 949. The number of rotatable bonds is 34. The molecule has 0 fully saturated rings. The number of carbonyl (C=O) groups is 5. The summed E-state index contributed by atoms with van der Waals surface area (Å²) in [6.45, 7) is 9.37. The first kappa shape index (κ1) is 48.3. The summed E-state index contributed by atoms with van der Waals surface area (Å²) in [7, 11) is 0. The van der Waals surface area contributed by atoms with Crippen LogP contribution in [0.1, 0.15) is 175 Å². The molecule has 5 amide bonds. The van der Waals surface area contributed by atoms with Gasteiger partial charge in [0.05, 0.1) is 0 Å². The number of nitrogens with two attached hydrogens (primary N) is 3. The zero-order valence-corrected chi connectivity index (χ0v) is 32.8. The van der Waals surface area contributed by atoms with Crippen molar-refractivity contribution in [3.63, 3.8) is 0 Å². The van der Waals surface area contributed by atoms with E-state index in [4.69, 9.17) is 17.2 Å². The second-order valence-corrected chi connectivity index (χ2v) is 14.9. The minimum Gasteiger partial charge on any atom is -0.370 e. The minimum absolute atomic E-state index is 0.0234. The molecule has 51 heavy (non-hydrogen) atoms. The zero-order valence-electron chi connectivity index (χ0n) is 32.8. The first-order valence-corrected chi connectivity index (χ1v) is 20.3. The summed E-state index contributed by atoms with van der Waals surface area (Å²) in [6.07, 6.45) is 17.9. The van der Waals surface area contributed by atoms with Crippen LogP contribution in [0.25, 0.3) is 0 Å². The van der Waals surface area contributed by atoms with Gasteiger partial charge in [-0.2, -0.15) is 0 Å². The third-order valence-electron chi connectivity index (χ3n) is 9.12. The van der Waals surface area contributed by atoms with Gasteiger partial charge in [-0.3, -0.25) is 24.0 Å². The Labute approximate surface area is 310 Å². The van der Waals surface area contributed by atoms with E-state index in [0.717, 1.165) is 51.4 Å². The summed E-state index contributed by atoms with van der Waals surface area (Å²) >= 11 is 0. The number of unbranched alkanes of at least 4 members (excludes halogenated alkanes) is 10. The fourth-order valence-electron chi connectivity index (χ4n) is 6.53. The molecule has 0 spiro atoms. The molecule has 12 heteroatoms. The van der Waals surface area contributed by atoms with E-state index in [1.807, 2.05) is 20.8 Å². The zero-order chi connectivity index (χ0) is 38.3. The maximum Gasteiger partial charge on any atom is 0.222 e. The van der Waals surface area contributed by atoms with E-state index in [9.17, 15) is 24.0 Å². The van der Waals surface area contributed by atoms with Gasteiger partial charge in [0.1, 0.15) is 0 Å². The summed E-state index contributed by atoms with van der Waals surface area (Å²) in [4.78, 5) is 63.8. The van der Waals surface area contributed by atoms with Crippen LogP contribution in [0.3, 0.4) is 0 Å². The lowest BCUT2D eigenvalue weighted by atomic mass is 9.99. The molecule has 10 N–H and O–H groups in total. The molecule has 0 saturated carbocycles. The van der Waals surface area contributed by atoms with Gasteiger partial charge in [0, 0.05) is 56.3 Å². The molecule has 298 valence electrons. The molecular formula is C39H77N7O5. The molecule has 12 nitrogen and oxygen atoms in total. The highest BCUT2D eigenvalue weighted by atomic mass is 16.2. The maximum absolute atomic E-state index is 13.3. The van der Waals surface area contributed by atoms with Crippen LogP contribution in [-0.2, 0) is 24.0 Å². The predicted molar refractivity (Wildman–Crippen MR) is 207 cm³/mol. The molecule has 4 atom stereocenters. The molecule has 0 aliphatic rings. The fourth-order valence-corrected chi connectivity index (χ4v) is 6.53. The van der Waals surface area contributed by atoms with Crippen molar-refractivity contribution in [2.24, 2.45) is 23.1 Å². The van der Waals surface area contributed by atoms with E-state index in [2.05, 4.69) is 28.2 Å². The molecule has 0 aliphatic heterocycles. The Morgan fingerprint density at radius 2 is 0.882 bits per heavy atom. The highest BCUT2D eigenvalue weighted by Gasteiger charge is 2.24. The minimum atomic E-state index is -0.484. The standard InChI is InChI=1S/C39H77N7O5/c1-5-7-8-9-10-11-12-13-14-22-36(48)43-33(21-16-18-24-41)28-37(49)44-31(19-6-2)27-38(50)46-34(25-30(3)4)29-39(51)45-32(26-35(42)47)20-15-17-23-40/h30-34H,5-29,40-41H2,1-4H3,(H2,42,47)(H,43,48)(H,44,49)(H,45,51)(H,46,50). The van der Waals surface area contributed by atoms with Crippen molar-refractivity contribution >= 4 is 29.5 Å². The number of nitrogens with one attached hydrogen (secondary N) is 4. The number of hydrogen-bond acceptors (Lipinski definition) is 7. The van der Waals surface area contributed by atoms with Gasteiger partial charge in [-0.15, -0.1) is 0 Å². The van der Waals surface area contributed by atoms with Gasteiger partial charge >= 0.3 is 0 Å². The van der Waals surface area contributed by atoms with Crippen LogP contribution in [-0.4, -0.2) is 66.8 Å². The summed E-state index contributed by atoms with van der Waals surface area (Å²) in [6, 6.07) is -1.44. The van der Waals surface area contributed by atoms with Crippen molar-refractivity contribution in [2.75, 3.05) is 13.1 Å².